The number of carbonyl (C=O) groups is 1. The second-order valence-corrected chi connectivity index (χ2v) is 6.81. The molecule has 1 N–H and O–H groups in total. The maximum atomic E-state index is 14.2. The van der Waals surface area contributed by atoms with E-state index < -0.39 is 29.2 Å². The molecule has 3 aromatic rings. The third-order valence-corrected chi connectivity index (χ3v) is 4.64. The molecular formula is C22H22F3N5O3. The van der Waals surface area contributed by atoms with E-state index in [0.29, 0.717) is 36.6 Å². The maximum Gasteiger partial charge on any atom is 0.332 e. The van der Waals surface area contributed by atoms with E-state index in [2.05, 4.69) is 15.3 Å². The van der Waals surface area contributed by atoms with Crippen LogP contribution in [0.5, 0.6) is 5.75 Å². The summed E-state index contributed by atoms with van der Waals surface area (Å²) in [6, 6.07) is 8.17. The SMILES string of the molecule is COCCN(C)c1nccc(N(C(=O)Nc2c(F)ccc(F)c2F)c2ccc(OC)cc2)n1. The molecule has 11 heteroatoms. The molecule has 0 fully saturated rings. The van der Waals surface area contributed by atoms with Gasteiger partial charge in [-0.1, -0.05) is 0 Å². The Morgan fingerprint density at radius 2 is 1.73 bits per heavy atom. The highest BCUT2D eigenvalue weighted by molar-refractivity contribution is 6.06. The molecule has 0 aliphatic heterocycles. The van der Waals surface area contributed by atoms with E-state index in [1.54, 1.807) is 43.3 Å². The van der Waals surface area contributed by atoms with Gasteiger partial charge in [0.1, 0.15) is 23.1 Å². The molecule has 0 unspecified atom stereocenters. The normalized spacial score (nSPS) is 10.6. The molecule has 33 heavy (non-hydrogen) atoms. The number of benzene rings is 2. The Bertz CT molecular complexity index is 1110. The van der Waals surface area contributed by atoms with Crippen LogP contribution in [0, 0.1) is 17.5 Å². The van der Waals surface area contributed by atoms with Crippen LogP contribution in [0.4, 0.5) is 41.1 Å². The number of nitrogens with one attached hydrogen (secondary N) is 1. The molecule has 0 saturated heterocycles. The topological polar surface area (TPSA) is 79.8 Å². The monoisotopic (exact) mass is 461 g/mol. The number of aromatic nitrogens is 2. The average Bonchev–Trinajstić information content (AvgIpc) is 2.83. The number of halogens is 3. The Morgan fingerprint density at radius 3 is 2.39 bits per heavy atom. The quantitative estimate of drug-likeness (QED) is 0.503. The van der Waals surface area contributed by atoms with Crippen LogP contribution in [0.1, 0.15) is 0 Å². The molecule has 0 spiro atoms. The van der Waals surface area contributed by atoms with E-state index in [4.69, 9.17) is 9.47 Å². The number of amides is 2. The first-order valence-electron chi connectivity index (χ1n) is 9.77. The van der Waals surface area contributed by atoms with Gasteiger partial charge in [0.25, 0.3) is 0 Å². The van der Waals surface area contributed by atoms with Crippen molar-refractivity contribution in [3.8, 4) is 5.75 Å². The lowest BCUT2D eigenvalue weighted by atomic mass is 10.2. The Kier molecular flexibility index (Phi) is 7.67. The smallest absolute Gasteiger partial charge is 0.332 e. The van der Waals surface area contributed by atoms with Crippen molar-refractivity contribution in [1.82, 2.24) is 9.97 Å². The van der Waals surface area contributed by atoms with Crippen LogP contribution in [0.15, 0.2) is 48.7 Å². The van der Waals surface area contributed by atoms with Crippen molar-refractivity contribution in [3.05, 3.63) is 66.1 Å². The number of methoxy groups -OCH3 is 2. The average molecular weight is 461 g/mol. The van der Waals surface area contributed by atoms with Gasteiger partial charge in [-0.25, -0.2) is 27.8 Å². The van der Waals surface area contributed by atoms with Crippen molar-refractivity contribution in [3.63, 3.8) is 0 Å². The molecule has 0 aliphatic carbocycles. The van der Waals surface area contributed by atoms with Gasteiger partial charge < -0.3 is 19.7 Å². The number of hydrogen-bond acceptors (Lipinski definition) is 6. The molecule has 174 valence electrons. The number of carbonyl (C=O) groups excluding carboxylic acids is 1. The highest BCUT2D eigenvalue weighted by Gasteiger charge is 2.24. The van der Waals surface area contributed by atoms with Crippen molar-refractivity contribution >= 4 is 29.2 Å². The van der Waals surface area contributed by atoms with Gasteiger partial charge in [0.2, 0.25) is 5.95 Å². The molecule has 0 radical (unpaired) electrons. The molecule has 0 atom stereocenters. The molecule has 3 rings (SSSR count). The standard InChI is InChI=1S/C22H22F3N5O3/c1-29(12-13-32-2)21-26-11-10-18(27-21)30(14-4-6-15(33-3)7-5-14)22(31)28-20-17(24)9-8-16(23)19(20)25/h4-11H,12-13H2,1-3H3,(H,28,31). The second-order valence-electron chi connectivity index (χ2n) is 6.81. The molecule has 2 amide bonds. The highest BCUT2D eigenvalue weighted by atomic mass is 19.2. The van der Waals surface area contributed by atoms with E-state index in [-0.39, 0.29) is 5.82 Å². The van der Waals surface area contributed by atoms with Crippen molar-refractivity contribution in [2.75, 3.05) is 49.5 Å². The molecule has 1 heterocycles. The summed E-state index contributed by atoms with van der Waals surface area (Å²) in [6.07, 6.45) is 1.44. The van der Waals surface area contributed by atoms with Crippen LogP contribution in [-0.2, 0) is 4.74 Å². The van der Waals surface area contributed by atoms with Crippen molar-refractivity contribution in [2.45, 2.75) is 0 Å². The Morgan fingerprint density at radius 1 is 1.03 bits per heavy atom. The largest absolute Gasteiger partial charge is 0.497 e. The van der Waals surface area contributed by atoms with Crippen LogP contribution in [0.3, 0.4) is 0 Å². The van der Waals surface area contributed by atoms with E-state index in [0.717, 1.165) is 11.0 Å². The van der Waals surface area contributed by atoms with Gasteiger partial charge in [0.15, 0.2) is 11.6 Å². The Labute approximate surface area is 188 Å². The number of urea groups is 1. The minimum Gasteiger partial charge on any atom is -0.497 e. The van der Waals surface area contributed by atoms with Gasteiger partial charge in [-0.15, -0.1) is 0 Å². The summed E-state index contributed by atoms with van der Waals surface area (Å²) in [5.41, 5.74) is -0.597. The van der Waals surface area contributed by atoms with Crippen molar-refractivity contribution in [2.24, 2.45) is 0 Å². The first kappa shape index (κ1) is 23.8. The first-order chi connectivity index (χ1) is 15.8. The van der Waals surface area contributed by atoms with Crippen molar-refractivity contribution < 1.29 is 27.4 Å². The van der Waals surface area contributed by atoms with Gasteiger partial charge in [0.05, 0.1) is 19.4 Å². The minimum absolute atomic E-state index is 0.115. The Balaban J connectivity index is 2.02. The number of likely N-dealkylation sites (N-methyl/N-ethyl adjacent to an activating group) is 1. The van der Waals surface area contributed by atoms with E-state index in [1.165, 1.54) is 19.4 Å². The van der Waals surface area contributed by atoms with Gasteiger partial charge in [0, 0.05) is 33.0 Å². The van der Waals surface area contributed by atoms with E-state index in [1.807, 2.05) is 0 Å². The molecular weight excluding hydrogens is 439 g/mol. The fourth-order valence-corrected chi connectivity index (χ4v) is 2.87. The summed E-state index contributed by atoms with van der Waals surface area (Å²) in [4.78, 5) is 24.6. The summed E-state index contributed by atoms with van der Waals surface area (Å²) >= 11 is 0. The highest BCUT2D eigenvalue weighted by Crippen LogP contribution is 2.29. The molecule has 0 saturated carbocycles. The summed E-state index contributed by atoms with van der Waals surface area (Å²) in [7, 11) is 4.79. The maximum absolute atomic E-state index is 14.2. The predicted molar refractivity (Wildman–Crippen MR) is 118 cm³/mol. The van der Waals surface area contributed by atoms with Crippen molar-refractivity contribution in [1.29, 1.82) is 0 Å². The first-order valence-corrected chi connectivity index (χ1v) is 9.77. The number of rotatable bonds is 8. The lowest BCUT2D eigenvalue weighted by Gasteiger charge is -2.24. The fraction of sp³-hybridized carbons (Fsp3) is 0.227. The van der Waals surface area contributed by atoms with Crippen LogP contribution in [0.25, 0.3) is 0 Å². The van der Waals surface area contributed by atoms with Gasteiger partial charge in [-0.3, -0.25) is 0 Å². The fourth-order valence-electron chi connectivity index (χ4n) is 2.87. The Hall–Kier alpha value is -3.86. The van der Waals surface area contributed by atoms with Crippen LogP contribution in [-0.4, -0.2) is 50.4 Å². The summed E-state index contributed by atoms with van der Waals surface area (Å²) < 4.78 is 52.1. The number of nitrogens with zero attached hydrogens (tertiary/aromatic N) is 4. The van der Waals surface area contributed by atoms with E-state index >= 15 is 0 Å². The van der Waals surface area contributed by atoms with Gasteiger partial charge >= 0.3 is 6.03 Å². The second kappa shape index (κ2) is 10.6. The molecule has 0 aliphatic rings. The zero-order valence-electron chi connectivity index (χ0n) is 18.2. The minimum atomic E-state index is -1.51. The van der Waals surface area contributed by atoms with Gasteiger partial charge in [-0.05, 0) is 36.4 Å². The molecule has 1 aromatic heterocycles. The summed E-state index contributed by atoms with van der Waals surface area (Å²) in [5, 5.41) is 2.10. The van der Waals surface area contributed by atoms with Gasteiger partial charge in [-0.2, -0.15) is 4.98 Å². The zero-order valence-corrected chi connectivity index (χ0v) is 18.2. The molecule has 8 nitrogen and oxygen atoms in total. The van der Waals surface area contributed by atoms with Crippen LogP contribution in [0.2, 0.25) is 0 Å². The lowest BCUT2D eigenvalue weighted by Crippen LogP contribution is -2.33. The number of ether oxygens (including phenoxy) is 2. The van der Waals surface area contributed by atoms with Crippen LogP contribution >= 0.6 is 0 Å². The lowest BCUT2D eigenvalue weighted by molar-refractivity contribution is 0.206. The number of hydrogen-bond donors (Lipinski definition) is 1. The summed E-state index contributed by atoms with van der Waals surface area (Å²) in [6.45, 7) is 0.902. The third-order valence-electron chi connectivity index (χ3n) is 4.64. The van der Waals surface area contributed by atoms with E-state index in [9.17, 15) is 18.0 Å². The molecule has 2 aromatic carbocycles. The predicted octanol–water partition coefficient (Wildman–Crippen LogP) is 4.36. The molecule has 0 bridgehead atoms. The third kappa shape index (κ3) is 5.50. The number of anilines is 4. The summed E-state index contributed by atoms with van der Waals surface area (Å²) in [5.74, 6) is -3.00. The van der Waals surface area contributed by atoms with Crippen LogP contribution < -0.4 is 19.9 Å². The zero-order chi connectivity index (χ0) is 24.0.